The average molecular weight is 343 g/mol. The van der Waals surface area contributed by atoms with Crippen molar-refractivity contribution < 1.29 is 9.59 Å². The first-order chi connectivity index (χ1) is 11.6. The molecule has 0 aromatic heterocycles. The molecule has 1 N–H and O–H groups in total. The standard InChI is InChI=1S/C19H19ClN2O2/c20-17-8-6-14(7-9-17)11-21-19(24)16-10-18(23)22(13-16)12-15-4-2-1-3-5-15/h1-9,16H,10-13H2,(H,21,24)/t16-/m0/s1. The zero-order valence-electron chi connectivity index (χ0n) is 13.2. The Labute approximate surface area is 146 Å². The molecule has 1 saturated heterocycles. The van der Waals surface area contributed by atoms with Gasteiger partial charge in [-0.15, -0.1) is 0 Å². The lowest BCUT2D eigenvalue weighted by molar-refractivity contribution is -0.129. The quantitative estimate of drug-likeness (QED) is 0.908. The van der Waals surface area contributed by atoms with Crippen molar-refractivity contribution in [3.05, 3.63) is 70.7 Å². The lowest BCUT2D eigenvalue weighted by atomic mass is 10.1. The molecule has 1 heterocycles. The molecular formula is C19H19ClN2O2. The number of carbonyl (C=O) groups excluding carboxylic acids is 2. The van der Waals surface area contributed by atoms with Crippen molar-refractivity contribution in [2.24, 2.45) is 5.92 Å². The van der Waals surface area contributed by atoms with Crippen LogP contribution >= 0.6 is 11.6 Å². The van der Waals surface area contributed by atoms with Crippen LogP contribution in [0.2, 0.25) is 5.02 Å². The summed E-state index contributed by atoms with van der Waals surface area (Å²) in [7, 11) is 0. The van der Waals surface area contributed by atoms with Gasteiger partial charge in [0.05, 0.1) is 5.92 Å². The largest absolute Gasteiger partial charge is 0.352 e. The predicted octanol–water partition coefficient (Wildman–Crippen LogP) is 3.00. The highest BCUT2D eigenvalue weighted by Crippen LogP contribution is 2.20. The third-order valence-electron chi connectivity index (χ3n) is 4.18. The van der Waals surface area contributed by atoms with Crippen LogP contribution in [0.15, 0.2) is 54.6 Å². The van der Waals surface area contributed by atoms with Crippen LogP contribution in [0.5, 0.6) is 0 Å². The second-order valence-corrected chi connectivity index (χ2v) is 6.44. The van der Waals surface area contributed by atoms with Gasteiger partial charge in [0.2, 0.25) is 11.8 Å². The Balaban J connectivity index is 1.53. The summed E-state index contributed by atoms with van der Waals surface area (Å²) in [5.41, 5.74) is 2.06. The summed E-state index contributed by atoms with van der Waals surface area (Å²) in [6.45, 7) is 1.47. The highest BCUT2D eigenvalue weighted by Gasteiger charge is 2.33. The summed E-state index contributed by atoms with van der Waals surface area (Å²) in [5.74, 6) is -0.326. The number of nitrogens with one attached hydrogen (secondary N) is 1. The van der Waals surface area contributed by atoms with Crippen LogP contribution in [-0.4, -0.2) is 23.3 Å². The maximum Gasteiger partial charge on any atom is 0.225 e. The normalized spacial score (nSPS) is 17.1. The second-order valence-electron chi connectivity index (χ2n) is 6.01. The van der Waals surface area contributed by atoms with E-state index in [4.69, 9.17) is 11.6 Å². The van der Waals surface area contributed by atoms with Gasteiger partial charge in [0, 0.05) is 31.1 Å². The van der Waals surface area contributed by atoms with E-state index in [1.807, 2.05) is 42.5 Å². The summed E-state index contributed by atoms with van der Waals surface area (Å²) in [4.78, 5) is 26.2. The van der Waals surface area contributed by atoms with Crippen molar-refractivity contribution in [1.82, 2.24) is 10.2 Å². The first-order valence-corrected chi connectivity index (χ1v) is 8.33. The molecule has 2 aromatic rings. The van der Waals surface area contributed by atoms with E-state index in [9.17, 15) is 9.59 Å². The van der Waals surface area contributed by atoms with Crippen LogP contribution in [0.25, 0.3) is 0 Å². The predicted molar refractivity (Wildman–Crippen MR) is 93.3 cm³/mol. The fourth-order valence-corrected chi connectivity index (χ4v) is 2.97. The molecule has 0 aliphatic carbocycles. The number of hydrogen-bond donors (Lipinski definition) is 1. The highest BCUT2D eigenvalue weighted by molar-refractivity contribution is 6.30. The fraction of sp³-hybridized carbons (Fsp3) is 0.263. The molecule has 0 unspecified atom stereocenters. The lowest BCUT2D eigenvalue weighted by Gasteiger charge is -2.16. The highest BCUT2D eigenvalue weighted by atomic mass is 35.5. The first-order valence-electron chi connectivity index (χ1n) is 7.95. The van der Waals surface area contributed by atoms with Gasteiger partial charge in [0.1, 0.15) is 0 Å². The van der Waals surface area contributed by atoms with Gasteiger partial charge in [0.25, 0.3) is 0 Å². The third-order valence-corrected chi connectivity index (χ3v) is 4.43. The van der Waals surface area contributed by atoms with E-state index in [1.54, 1.807) is 17.0 Å². The third kappa shape index (κ3) is 4.15. The summed E-state index contributed by atoms with van der Waals surface area (Å²) < 4.78 is 0. The number of likely N-dealkylation sites (tertiary alicyclic amines) is 1. The molecule has 2 amide bonds. The van der Waals surface area contributed by atoms with E-state index >= 15 is 0 Å². The molecule has 1 atom stereocenters. The van der Waals surface area contributed by atoms with Gasteiger partial charge >= 0.3 is 0 Å². The number of halogens is 1. The number of carbonyl (C=O) groups is 2. The number of amides is 2. The molecule has 2 aromatic carbocycles. The second kappa shape index (κ2) is 7.49. The van der Waals surface area contributed by atoms with Gasteiger partial charge in [-0.05, 0) is 23.3 Å². The zero-order chi connectivity index (χ0) is 16.9. The van der Waals surface area contributed by atoms with Gasteiger partial charge in [-0.3, -0.25) is 9.59 Å². The molecule has 1 aliphatic rings. The Morgan fingerprint density at radius 3 is 2.50 bits per heavy atom. The first kappa shape index (κ1) is 16.5. The number of benzene rings is 2. The molecule has 1 fully saturated rings. The van der Waals surface area contributed by atoms with Gasteiger partial charge in [-0.2, -0.15) is 0 Å². The number of nitrogens with zero attached hydrogens (tertiary/aromatic N) is 1. The topological polar surface area (TPSA) is 49.4 Å². The van der Waals surface area contributed by atoms with E-state index in [2.05, 4.69) is 5.32 Å². The van der Waals surface area contributed by atoms with E-state index in [-0.39, 0.29) is 24.2 Å². The molecule has 124 valence electrons. The zero-order valence-corrected chi connectivity index (χ0v) is 14.0. The van der Waals surface area contributed by atoms with Crippen LogP contribution in [0, 0.1) is 5.92 Å². The monoisotopic (exact) mass is 342 g/mol. The van der Waals surface area contributed by atoms with Crippen molar-refractivity contribution in [2.45, 2.75) is 19.5 Å². The molecule has 4 nitrogen and oxygen atoms in total. The van der Waals surface area contributed by atoms with E-state index in [1.165, 1.54) is 0 Å². The molecular weight excluding hydrogens is 324 g/mol. The van der Waals surface area contributed by atoms with Gasteiger partial charge < -0.3 is 10.2 Å². The van der Waals surface area contributed by atoms with Crippen LogP contribution in [0.3, 0.4) is 0 Å². The molecule has 0 saturated carbocycles. The summed E-state index contributed by atoms with van der Waals surface area (Å²) in [6.07, 6.45) is 0.277. The Hall–Kier alpha value is -2.33. The molecule has 0 bridgehead atoms. The Bertz CT molecular complexity index is 716. The van der Waals surface area contributed by atoms with Crippen molar-refractivity contribution in [3.63, 3.8) is 0 Å². The van der Waals surface area contributed by atoms with Crippen molar-refractivity contribution in [1.29, 1.82) is 0 Å². The minimum atomic E-state index is -0.284. The van der Waals surface area contributed by atoms with E-state index in [0.717, 1.165) is 11.1 Å². The molecule has 24 heavy (non-hydrogen) atoms. The molecule has 0 spiro atoms. The minimum absolute atomic E-state index is 0.0329. The van der Waals surface area contributed by atoms with Gasteiger partial charge in [-0.1, -0.05) is 54.1 Å². The van der Waals surface area contributed by atoms with Crippen molar-refractivity contribution in [2.75, 3.05) is 6.54 Å². The van der Waals surface area contributed by atoms with Gasteiger partial charge in [-0.25, -0.2) is 0 Å². The molecule has 3 rings (SSSR count). The van der Waals surface area contributed by atoms with Crippen LogP contribution < -0.4 is 5.32 Å². The molecule has 5 heteroatoms. The minimum Gasteiger partial charge on any atom is -0.352 e. The summed E-state index contributed by atoms with van der Waals surface area (Å²) in [5, 5.41) is 3.57. The molecule has 0 radical (unpaired) electrons. The SMILES string of the molecule is O=C(NCc1ccc(Cl)cc1)[C@H]1CC(=O)N(Cc2ccccc2)C1. The van der Waals surface area contributed by atoms with Gasteiger partial charge in [0.15, 0.2) is 0 Å². The number of hydrogen-bond acceptors (Lipinski definition) is 2. The Kier molecular flexibility index (Phi) is 5.16. The average Bonchev–Trinajstić information content (AvgIpc) is 2.96. The fourth-order valence-electron chi connectivity index (χ4n) is 2.84. The van der Waals surface area contributed by atoms with Crippen molar-refractivity contribution in [3.8, 4) is 0 Å². The van der Waals surface area contributed by atoms with Crippen LogP contribution in [0.4, 0.5) is 0 Å². The molecule has 1 aliphatic heterocycles. The van der Waals surface area contributed by atoms with Crippen molar-refractivity contribution >= 4 is 23.4 Å². The van der Waals surface area contributed by atoms with Crippen LogP contribution in [-0.2, 0) is 22.7 Å². The number of rotatable bonds is 5. The van der Waals surface area contributed by atoms with Crippen LogP contribution in [0.1, 0.15) is 17.5 Å². The Morgan fingerprint density at radius 1 is 1.08 bits per heavy atom. The lowest BCUT2D eigenvalue weighted by Crippen LogP contribution is -2.32. The maximum atomic E-state index is 12.3. The van der Waals surface area contributed by atoms with E-state index < -0.39 is 0 Å². The van der Waals surface area contributed by atoms with E-state index in [0.29, 0.717) is 24.7 Å². The maximum absolute atomic E-state index is 12.3. The summed E-state index contributed by atoms with van der Waals surface area (Å²) >= 11 is 5.85. The smallest absolute Gasteiger partial charge is 0.225 e. The summed E-state index contributed by atoms with van der Waals surface area (Å²) in [6, 6.07) is 17.2. The Morgan fingerprint density at radius 2 is 1.79 bits per heavy atom.